The van der Waals surface area contributed by atoms with Crippen molar-refractivity contribution in [2.75, 3.05) is 19.7 Å². The van der Waals surface area contributed by atoms with Crippen molar-refractivity contribution in [3.05, 3.63) is 58.4 Å². The average Bonchev–Trinajstić information content (AvgIpc) is 2.93. The van der Waals surface area contributed by atoms with E-state index in [1.807, 2.05) is 37.3 Å². The molecular weight excluding hydrogens is 370 g/mol. The molecule has 1 aromatic carbocycles. The first-order valence-corrected chi connectivity index (χ1v) is 8.91. The van der Waals surface area contributed by atoms with E-state index in [2.05, 4.69) is 5.10 Å². The zero-order valence-corrected chi connectivity index (χ0v) is 15.6. The lowest BCUT2D eigenvalue weighted by Gasteiger charge is -2.30. The van der Waals surface area contributed by atoms with Gasteiger partial charge in [0.25, 0.3) is 0 Å². The number of hydrogen-bond acceptors (Lipinski definition) is 4. The molecule has 3 rings (SSSR count). The molecule has 0 bridgehead atoms. The van der Waals surface area contributed by atoms with Crippen molar-refractivity contribution >= 4 is 29.6 Å². The number of carbonyl (C=O) groups excluding carboxylic acids is 1. The van der Waals surface area contributed by atoms with Crippen molar-refractivity contribution in [1.82, 2.24) is 14.7 Å². The molecule has 1 amide bonds. The third-order valence-electron chi connectivity index (χ3n) is 4.33. The highest BCUT2D eigenvalue weighted by atomic mass is 35.5. The molecule has 1 aromatic heterocycles. The number of carbonyl (C=O) groups is 2. The summed E-state index contributed by atoms with van der Waals surface area (Å²) in [6.45, 7) is 2.94. The second-order valence-corrected chi connectivity index (χ2v) is 6.61. The molecule has 27 heavy (non-hydrogen) atoms. The Morgan fingerprint density at radius 3 is 2.81 bits per heavy atom. The number of nitrogens with zero attached hydrogens (tertiary/aromatic N) is 3. The van der Waals surface area contributed by atoms with E-state index in [1.165, 1.54) is 11.0 Å². The summed E-state index contributed by atoms with van der Waals surface area (Å²) in [5, 5.41) is 13.9. The smallest absolute Gasteiger partial charge is 0.334 e. The van der Waals surface area contributed by atoms with Crippen LogP contribution in [0.5, 0.6) is 0 Å². The molecule has 1 unspecified atom stereocenters. The third-order valence-corrected chi connectivity index (χ3v) is 4.73. The fourth-order valence-electron chi connectivity index (χ4n) is 2.88. The number of morpholine rings is 1. The maximum atomic E-state index is 12.4. The summed E-state index contributed by atoms with van der Waals surface area (Å²) in [4.78, 5) is 24.9. The van der Waals surface area contributed by atoms with Crippen molar-refractivity contribution < 1.29 is 19.4 Å². The minimum atomic E-state index is -1.07. The molecule has 8 heteroatoms. The van der Waals surface area contributed by atoms with Gasteiger partial charge in [0, 0.05) is 18.2 Å². The van der Waals surface area contributed by atoms with Gasteiger partial charge in [-0.15, -0.1) is 0 Å². The van der Waals surface area contributed by atoms with Crippen molar-refractivity contribution in [3.63, 3.8) is 0 Å². The second kappa shape index (κ2) is 8.37. The maximum absolute atomic E-state index is 12.4. The molecule has 1 fully saturated rings. The SMILES string of the molecule is Cc1nn(Cc2ccccc2)c(Cl)c1C=CC(=O)N1CCOC(C(=O)O)C1. The highest BCUT2D eigenvalue weighted by Crippen LogP contribution is 2.22. The minimum Gasteiger partial charge on any atom is -0.479 e. The summed E-state index contributed by atoms with van der Waals surface area (Å²) >= 11 is 6.44. The van der Waals surface area contributed by atoms with Gasteiger partial charge in [-0.05, 0) is 18.6 Å². The van der Waals surface area contributed by atoms with Gasteiger partial charge in [-0.3, -0.25) is 4.79 Å². The number of aromatic nitrogens is 2. The Labute approximate surface area is 161 Å². The Morgan fingerprint density at radius 1 is 1.37 bits per heavy atom. The fraction of sp³-hybridized carbons (Fsp3) is 0.316. The number of aliphatic carboxylic acids is 1. The highest BCUT2D eigenvalue weighted by Gasteiger charge is 2.28. The number of rotatable bonds is 5. The van der Waals surface area contributed by atoms with Gasteiger partial charge in [0.2, 0.25) is 5.91 Å². The molecule has 1 aliphatic rings. The molecule has 1 saturated heterocycles. The van der Waals surface area contributed by atoms with Crippen LogP contribution in [0.4, 0.5) is 0 Å². The topological polar surface area (TPSA) is 84.7 Å². The third kappa shape index (κ3) is 4.56. The lowest BCUT2D eigenvalue weighted by molar-refractivity contribution is -0.158. The first-order chi connectivity index (χ1) is 13.0. The number of carboxylic acid groups (broad SMARTS) is 1. The molecular formula is C19H20ClN3O4. The van der Waals surface area contributed by atoms with Crippen molar-refractivity contribution in [3.8, 4) is 0 Å². The summed E-state index contributed by atoms with van der Waals surface area (Å²) in [6.07, 6.45) is 2.03. The molecule has 7 nitrogen and oxygen atoms in total. The first kappa shape index (κ1) is 19.1. The number of hydrogen-bond donors (Lipinski definition) is 1. The average molecular weight is 390 g/mol. The predicted octanol–water partition coefficient (Wildman–Crippen LogP) is 2.22. The minimum absolute atomic E-state index is 0.0263. The van der Waals surface area contributed by atoms with Crippen LogP contribution in [0.3, 0.4) is 0 Å². The number of amides is 1. The monoisotopic (exact) mass is 389 g/mol. The predicted molar refractivity (Wildman–Crippen MR) is 101 cm³/mol. The number of aryl methyl sites for hydroxylation is 1. The van der Waals surface area contributed by atoms with Crippen LogP contribution in [-0.4, -0.2) is 57.5 Å². The van der Waals surface area contributed by atoms with E-state index in [4.69, 9.17) is 21.4 Å². The number of ether oxygens (including phenoxy) is 1. The Bertz CT molecular complexity index is 863. The molecule has 0 aliphatic carbocycles. The molecule has 0 radical (unpaired) electrons. The summed E-state index contributed by atoms with van der Waals surface area (Å²) in [5.74, 6) is -1.35. The second-order valence-electron chi connectivity index (χ2n) is 6.25. The van der Waals surface area contributed by atoms with Gasteiger partial charge in [-0.25, -0.2) is 9.48 Å². The Kier molecular flexibility index (Phi) is 5.93. The molecule has 2 aromatic rings. The zero-order chi connectivity index (χ0) is 19.4. The molecule has 1 aliphatic heterocycles. The van der Waals surface area contributed by atoms with Gasteiger partial charge < -0.3 is 14.7 Å². The Morgan fingerprint density at radius 2 is 2.11 bits per heavy atom. The summed E-state index contributed by atoms with van der Waals surface area (Å²) < 4.78 is 6.81. The van der Waals surface area contributed by atoms with E-state index >= 15 is 0 Å². The van der Waals surface area contributed by atoms with Gasteiger partial charge in [0.1, 0.15) is 5.15 Å². The van der Waals surface area contributed by atoms with Crippen LogP contribution < -0.4 is 0 Å². The van der Waals surface area contributed by atoms with Crippen LogP contribution in [-0.2, 0) is 20.9 Å². The van der Waals surface area contributed by atoms with Crippen LogP contribution in [0.15, 0.2) is 36.4 Å². The first-order valence-electron chi connectivity index (χ1n) is 8.54. The number of halogens is 1. The van der Waals surface area contributed by atoms with E-state index in [9.17, 15) is 9.59 Å². The van der Waals surface area contributed by atoms with Gasteiger partial charge in [0.15, 0.2) is 6.10 Å². The number of benzene rings is 1. The maximum Gasteiger partial charge on any atom is 0.334 e. The molecule has 0 saturated carbocycles. The van der Waals surface area contributed by atoms with Crippen LogP contribution >= 0.6 is 11.6 Å². The fourth-order valence-corrected chi connectivity index (χ4v) is 3.17. The molecule has 1 N–H and O–H groups in total. The Balaban J connectivity index is 1.71. The van der Waals surface area contributed by atoms with Crippen molar-refractivity contribution in [1.29, 1.82) is 0 Å². The zero-order valence-electron chi connectivity index (χ0n) is 14.8. The summed E-state index contributed by atoms with van der Waals surface area (Å²) in [6, 6.07) is 9.82. The Hall–Kier alpha value is -2.64. The van der Waals surface area contributed by atoms with Crippen LogP contribution in [0.25, 0.3) is 6.08 Å². The standard InChI is InChI=1S/C19H20ClN3O4/c1-13-15(18(20)23(21-13)11-14-5-3-2-4-6-14)7-8-17(24)22-9-10-27-16(12-22)19(25)26/h2-8,16H,9-12H2,1H3,(H,25,26). The summed E-state index contributed by atoms with van der Waals surface area (Å²) in [5.41, 5.74) is 2.45. The van der Waals surface area contributed by atoms with E-state index in [-0.39, 0.29) is 19.1 Å². The van der Waals surface area contributed by atoms with Gasteiger partial charge >= 0.3 is 5.97 Å². The lowest BCUT2D eigenvalue weighted by atomic mass is 10.2. The normalized spacial score (nSPS) is 17.4. The summed E-state index contributed by atoms with van der Waals surface area (Å²) in [7, 11) is 0. The highest BCUT2D eigenvalue weighted by molar-refractivity contribution is 6.31. The molecule has 1 atom stereocenters. The molecule has 2 heterocycles. The van der Waals surface area contributed by atoms with Crippen molar-refractivity contribution in [2.45, 2.75) is 19.6 Å². The van der Waals surface area contributed by atoms with E-state index in [0.29, 0.717) is 29.5 Å². The largest absolute Gasteiger partial charge is 0.479 e. The lowest BCUT2D eigenvalue weighted by Crippen LogP contribution is -2.48. The van der Waals surface area contributed by atoms with E-state index < -0.39 is 12.1 Å². The van der Waals surface area contributed by atoms with Gasteiger partial charge in [0.05, 0.1) is 25.4 Å². The van der Waals surface area contributed by atoms with E-state index in [1.54, 1.807) is 10.8 Å². The van der Waals surface area contributed by atoms with Crippen molar-refractivity contribution in [2.24, 2.45) is 0 Å². The van der Waals surface area contributed by atoms with Crippen LogP contribution in [0.2, 0.25) is 5.15 Å². The van der Waals surface area contributed by atoms with Crippen LogP contribution in [0.1, 0.15) is 16.8 Å². The van der Waals surface area contributed by atoms with Gasteiger partial charge in [-0.2, -0.15) is 5.10 Å². The molecule has 142 valence electrons. The quantitative estimate of drug-likeness (QED) is 0.792. The molecule has 0 spiro atoms. The van der Waals surface area contributed by atoms with Crippen LogP contribution in [0, 0.1) is 6.92 Å². The van der Waals surface area contributed by atoms with Gasteiger partial charge in [-0.1, -0.05) is 41.9 Å². The number of carboxylic acids is 1. The van der Waals surface area contributed by atoms with E-state index in [0.717, 1.165) is 5.56 Å².